The second kappa shape index (κ2) is 13.8. The van der Waals surface area contributed by atoms with Crippen molar-refractivity contribution in [3.8, 4) is 0 Å². The van der Waals surface area contributed by atoms with Crippen LogP contribution in [-0.4, -0.2) is 37.0 Å². The van der Waals surface area contributed by atoms with Crippen molar-refractivity contribution in [1.29, 1.82) is 0 Å². The van der Waals surface area contributed by atoms with Crippen molar-refractivity contribution in [2.45, 2.75) is 46.1 Å². The number of benzene rings is 2. The van der Waals surface area contributed by atoms with Gasteiger partial charge in [0.1, 0.15) is 0 Å². The summed E-state index contributed by atoms with van der Waals surface area (Å²) >= 11 is 0. The molecule has 0 unspecified atom stereocenters. The molecular weight excluding hydrogens is 436 g/mol. The van der Waals surface area contributed by atoms with Crippen LogP contribution in [0.2, 0.25) is 0 Å². The Hall–Kier alpha value is -3.68. The molecule has 0 heterocycles. The molecule has 8 heteroatoms. The number of hydrogen-bond acceptors (Lipinski definition) is 6. The van der Waals surface area contributed by atoms with Crippen LogP contribution in [0.5, 0.6) is 0 Å². The third-order valence-electron chi connectivity index (χ3n) is 4.78. The SMILES string of the molecule is CC(C)COC(=O)c1ccc(NC(=O)CCCC(=O)OCC(=O)N[C@@H](C)c2ccccc2)cc1. The fourth-order valence-corrected chi connectivity index (χ4v) is 2.96. The van der Waals surface area contributed by atoms with Gasteiger partial charge in [-0.05, 0) is 49.1 Å². The molecule has 8 nitrogen and oxygen atoms in total. The predicted molar refractivity (Wildman–Crippen MR) is 128 cm³/mol. The molecule has 2 aromatic carbocycles. The number of nitrogens with one attached hydrogen (secondary N) is 2. The minimum atomic E-state index is -0.542. The first-order valence-electron chi connectivity index (χ1n) is 11.3. The highest BCUT2D eigenvalue weighted by molar-refractivity contribution is 5.93. The fraction of sp³-hybridized carbons (Fsp3) is 0.385. The first-order valence-corrected chi connectivity index (χ1v) is 11.3. The Morgan fingerprint density at radius 2 is 1.50 bits per heavy atom. The second-order valence-corrected chi connectivity index (χ2v) is 8.33. The summed E-state index contributed by atoms with van der Waals surface area (Å²) in [6.45, 7) is 5.73. The van der Waals surface area contributed by atoms with Gasteiger partial charge in [0.15, 0.2) is 6.61 Å². The molecule has 0 saturated heterocycles. The zero-order chi connectivity index (χ0) is 24.9. The van der Waals surface area contributed by atoms with Crippen LogP contribution in [0.25, 0.3) is 0 Å². The highest BCUT2D eigenvalue weighted by Gasteiger charge is 2.13. The number of esters is 2. The van der Waals surface area contributed by atoms with Crippen molar-refractivity contribution in [2.24, 2.45) is 5.92 Å². The number of amides is 2. The largest absolute Gasteiger partial charge is 0.462 e. The molecule has 0 aromatic heterocycles. The fourth-order valence-electron chi connectivity index (χ4n) is 2.96. The molecular formula is C26H32N2O6. The van der Waals surface area contributed by atoms with Gasteiger partial charge < -0.3 is 20.1 Å². The maximum Gasteiger partial charge on any atom is 0.338 e. The highest BCUT2D eigenvalue weighted by Crippen LogP contribution is 2.13. The van der Waals surface area contributed by atoms with Crippen LogP contribution in [0.1, 0.15) is 62.0 Å². The Kier molecular flexibility index (Phi) is 10.8. The zero-order valence-corrected chi connectivity index (χ0v) is 19.8. The maximum atomic E-state index is 12.1. The third-order valence-corrected chi connectivity index (χ3v) is 4.78. The highest BCUT2D eigenvalue weighted by atomic mass is 16.5. The van der Waals surface area contributed by atoms with E-state index in [1.54, 1.807) is 24.3 Å². The molecule has 0 fully saturated rings. The first kappa shape index (κ1) is 26.6. The summed E-state index contributed by atoms with van der Waals surface area (Å²) < 4.78 is 10.1. The van der Waals surface area contributed by atoms with Crippen molar-refractivity contribution in [3.05, 3.63) is 65.7 Å². The Labute approximate surface area is 200 Å². The molecule has 2 aromatic rings. The lowest BCUT2D eigenvalue weighted by Crippen LogP contribution is -2.31. The standard InChI is InChI=1S/C26H32N2O6/c1-18(2)16-34-26(32)21-12-14-22(15-13-21)28-23(29)10-7-11-25(31)33-17-24(30)27-19(3)20-8-5-4-6-9-20/h4-6,8-9,12-15,18-19H,7,10-11,16-17H2,1-3H3,(H,27,30)(H,28,29)/t19-/m0/s1. The van der Waals surface area contributed by atoms with Crippen molar-refractivity contribution in [2.75, 3.05) is 18.5 Å². The van der Waals surface area contributed by atoms with Crippen LogP contribution in [-0.2, 0) is 23.9 Å². The molecule has 0 spiro atoms. The van der Waals surface area contributed by atoms with Gasteiger partial charge in [-0.25, -0.2) is 4.79 Å². The topological polar surface area (TPSA) is 111 Å². The van der Waals surface area contributed by atoms with Gasteiger partial charge in [-0.1, -0.05) is 44.2 Å². The molecule has 0 radical (unpaired) electrons. The van der Waals surface area contributed by atoms with Crippen LogP contribution in [0, 0.1) is 5.92 Å². The smallest absolute Gasteiger partial charge is 0.338 e. The van der Waals surface area contributed by atoms with E-state index >= 15 is 0 Å². The van der Waals surface area contributed by atoms with Crippen LogP contribution in [0.3, 0.4) is 0 Å². The van der Waals surface area contributed by atoms with Crippen molar-refractivity contribution < 1.29 is 28.7 Å². The van der Waals surface area contributed by atoms with E-state index in [-0.39, 0.29) is 49.6 Å². The minimum Gasteiger partial charge on any atom is -0.462 e. The average molecular weight is 469 g/mol. The Bertz CT molecular complexity index is 957. The molecule has 0 saturated carbocycles. The lowest BCUT2D eigenvalue weighted by Gasteiger charge is -2.14. The second-order valence-electron chi connectivity index (χ2n) is 8.33. The summed E-state index contributed by atoms with van der Waals surface area (Å²) in [6.07, 6.45) is 0.423. The summed E-state index contributed by atoms with van der Waals surface area (Å²) in [5.74, 6) is -1.36. The number of carbonyl (C=O) groups excluding carboxylic acids is 4. The summed E-state index contributed by atoms with van der Waals surface area (Å²) in [7, 11) is 0. The predicted octanol–water partition coefficient (Wildman–Crippen LogP) is 4.03. The van der Waals surface area contributed by atoms with Gasteiger partial charge in [0.2, 0.25) is 5.91 Å². The van der Waals surface area contributed by atoms with Crippen molar-refractivity contribution in [1.82, 2.24) is 5.32 Å². The molecule has 0 aliphatic carbocycles. The number of hydrogen-bond donors (Lipinski definition) is 2. The van der Waals surface area contributed by atoms with Gasteiger partial charge in [0.25, 0.3) is 5.91 Å². The zero-order valence-electron chi connectivity index (χ0n) is 19.8. The van der Waals surface area contributed by atoms with E-state index in [9.17, 15) is 19.2 Å². The van der Waals surface area contributed by atoms with E-state index in [0.717, 1.165) is 5.56 Å². The Balaban J connectivity index is 1.63. The van der Waals surface area contributed by atoms with Crippen LogP contribution in [0.15, 0.2) is 54.6 Å². The van der Waals surface area contributed by atoms with Gasteiger partial charge in [-0.2, -0.15) is 0 Å². The molecule has 2 rings (SSSR count). The molecule has 0 aliphatic rings. The monoisotopic (exact) mass is 468 g/mol. The van der Waals surface area contributed by atoms with E-state index in [1.165, 1.54) is 0 Å². The summed E-state index contributed by atoms with van der Waals surface area (Å²) in [4.78, 5) is 47.8. The molecule has 0 aliphatic heterocycles. The average Bonchev–Trinajstić information content (AvgIpc) is 2.82. The number of carbonyl (C=O) groups is 4. The van der Waals surface area contributed by atoms with Gasteiger partial charge in [0.05, 0.1) is 18.2 Å². The quantitative estimate of drug-likeness (QED) is 0.455. The van der Waals surface area contributed by atoms with E-state index < -0.39 is 11.9 Å². The summed E-state index contributed by atoms with van der Waals surface area (Å²) in [5, 5.41) is 5.48. The van der Waals surface area contributed by atoms with Crippen molar-refractivity contribution in [3.63, 3.8) is 0 Å². The molecule has 34 heavy (non-hydrogen) atoms. The lowest BCUT2D eigenvalue weighted by molar-refractivity contribution is -0.148. The minimum absolute atomic E-state index is 0.0234. The molecule has 2 N–H and O–H groups in total. The van der Waals surface area contributed by atoms with E-state index in [1.807, 2.05) is 51.1 Å². The maximum absolute atomic E-state index is 12.1. The molecule has 182 valence electrons. The molecule has 0 bridgehead atoms. The van der Waals surface area contributed by atoms with Crippen molar-refractivity contribution >= 4 is 29.4 Å². The van der Waals surface area contributed by atoms with E-state index in [4.69, 9.17) is 9.47 Å². The van der Waals surface area contributed by atoms with Crippen LogP contribution in [0.4, 0.5) is 5.69 Å². The molecule has 1 atom stereocenters. The number of rotatable bonds is 12. The lowest BCUT2D eigenvalue weighted by atomic mass is 10.1. The Morgan fingerprint density at radius 1 is 0.824 bits per heavy atom. The summed E-state index contributed by atoms with van der Waals surface area (Å²) in [5.41, 5.74) is 1.90. The van der Waals surface area contributed by atoms with Crippen LogP contribution < -0.4 is 10.6 Å². The van der Waals surface area contributed by atoms with Gasteiger partial charge in [0, 0.05) is 18.5 Å². The Morgan fingerprint density at radius 3 is 2.15 bits per heavy atom. The number of anilines is 1. The normalized spacial score (nSPS) is 11.4. The molecule has 2 amide bonds. The van der Waals surface area contributed by atoms with Gasteiger partial charge >= 0.3 is 11.9 Å². The third kappa shape index (κ3) is 9.85. The van der Waals surface area contributed by atoms with Gasteiger partial charge in [-0.15, -0.1) is 0 Å². The first-order chi connectivity index (χ1) is 16.2. The van der Waals surface area contributed by atoms with E-state index in [0.29, 0.717) is 17.9 Å². The van der Waals surface area contributed by atoms with Crippen LogP contribution >= 0.6 is 0 Å². The van der Waals surface area contributed by atoms with E-state index in [2.05, 4.69) is 10.6 Å². The van der Waals surface area contributed by atoms with Gasteiger partial charge in [-0.3, -0.25) is 14.4 Å². The number of ether oxygens (including phenoxy) is 2. The summed E-state index contributed by atoms with van der Waals surface area (Å²) in [6, 6.07) is 15.7.